The van der Waals surface area contributed by atoms with Crippen molar-refractivity contribution >= 4 is 45.9 Å². The van der Waals surface area contributed by atoms with Gasteiger partial charge in [0.2, 0.25) is 5.13 Å². The fourth-order valence-electron chi connectivity index (χ4n) is 2.05. The Balaban J connectivity index is 1.71. The fraction of sp³-hybridized carbons (Fsp3) is 0.0588. The number of aryl methyl sites for hydroxylation is 1. The maximum Gasteiger partial charge on any atom is 0.203 e. The lowest BCUT2D eigenvalue weighted by atomic mass is 10.0. The lowest BCUT2D eigenvalue weighted by Gasteiger charge is -2.04. The molecule has 0 saturated heterocycles. The Kier molecular flexibility index (Phi) is 4.96. The molecule has 1 aromatic heterocycles. The van der Waals surface area contributed by atoms with Gasteiger partial charge in [-0.1, -0.05) is 47.5 Å². The normalized spacial score (nSPS) is 11.1. The van der Waals surface area contributed by atoms with Crippen LogP contribution >= 0.6 is 34.5 Å². The van der Waals surface area contributed by atoms with E-state index in [0.717, 1.165) is 27.5 Å². The molecule has 3 aromatic rings. The number of rotatable bonds is 4. The summed E-state index contributed by atoms with van der Waals surface area (Å²) >= 11 is 13.6. The van der Waals surface area contributed by atoms with Crippen molar-refractivity contribution in [3.05, 3.63) is 69.1 Å². The molecule has 1 heterocycles. The van der Waals surface area contributed by atoms with Crippen LogP contribution in [0, 0.1) is 6.92 Å². The van der Waals surface area contributed by atoms with Crippen LogP contribution in [0.25, 0.3) is 11.1 Å². The molecular weight excluding hydrogens is 349 g/mol. The number of nitrogens with one attached hydrogen (secondary N) is 1. The van der Waals surface area contributed by atoms with Crippen LogP contribution in [0.5, 0.6) is 0 Å². The van der Waals surface area contributed by atoms with Crippen molar-refractivity contribution in [2.45, 2.75) is 6.92 Å². The van der Waals surface area contributed by atoms with Gasteiger partial charge < -0.3 is 0 Å². The van der Waals surface area contributed by atoms with Gasteiger partial charge in [0.1, 0.15) is 0 Å². The van der Waals surface area contributed by atoms with E-state index in [9.17, 15) is 0 Å². The van der Waals surface area contributed by atoms with Gasteiger partial charge in [-0.2, -0.15) is 5.10 Å². The minimum atomic E-state index is 0.626. The first-order valence-electron chi connectivity index (χ1n) is 6.88. The number of hydrazone groups is 1. The number of nitrogens with zero attached hydrogens (tertiary/aromatic N) is 2. The first kappa shape index (κ1) is 16.0. The molecule has 0 aliphatic heterocycles. The second kappa shape index (κ2) is 7.13. The molecule has 0 spiro atoms. The quantitative estimate of drug-likeness (QED) is 0.465. The smallest absolute Gasteiger partial charge is 0.203 e. The van der Waals surface area contributed by atoms with Gasteiger partial charge in [0, 0.05) is 15.4 Å². The average molecular weight is 362 g/mol. The zero-order valence-electron chi connectivity index (χ0n) is 12.3. The highest BCUT2D eigenvalue weighted by molar-refractivity contribution is 7.13. The number of halogens is 2. The van der Waals surface area contributed by atoms with Gasteiger partial charge in [-0.3, -0.25) is 5.43 Å². The van der Waals surface area contributed by atoms with Crippen molar-refractivity contribution in [3.8, 4) is 11.1 Å². The van der Waals surface area contributed by atoms with Crippen molar-refractivity contribution in [1.82, 2.24) is 4.98 Å². The number of aromatic nitrogens is 1. The third-order valence-corrected chi connectivity index (χ3v) is 4.40. The summed E-state index contributed by atoms with van der Waals surface area (Å²) in [6, 6.07) is 13.5. The largest absolute Gasteiger partial charge is 0.253 e. The summed E-state index contributed by atoms with van der Waals surface area (Å²) in [5.74, 6) is 0. The molecule has 3 rings (SSSR count). The van der Waals surface area contributed by atoms with Crippen LogP contribution in [0.4, 0.5) is 5.13 Å². The van der Waals surface area contributed by atoms with Gasteiger partial charge in [-0.05, 0) is 41.8 Å². The summed E-state index contributed by atoms with van der Waals surface area (Å²) < 4.78 is 0. The van der Waals surface area contributed by atoms with Gasteiger partial charge in [-0.15, -0.1) is 11.3 Å². The maximum atomic E-state index is 6.04. The second-order valence-corrected chi connectivity index (χ2v) is 6.68. The predicted octanol–water partition coefficient (Wildman–Crippen LogP) is 5.87. The third-order valence-electron chi connectivity index (χ3n) is 3.10. The second-order valence-electron chi connectivity index (χ2n) is 4.94. The Hall–Kier alpha value is -1.88. The Bertz CT molecular complexity index is 821. The minimum absolute atomic E-state index is 0.626. The van der Waals surface area contributed by atoms with E-state index < -0.39 is 0 Å². The minimum Gasteiger partial charge on any atom is -0.253 e. The van der Waals surface area contributed by atoms with Gasteiger partial charge in [0.15, 0.2) is 0 Å². The molecule has 116 valence electrons. The summed E-state index contributed by atoms with van der Waals surface area (Å²) in [5, 5.41) is 8.19. The van der Waals surface area contributed by atoms with Gasteiger partial charge in [-0.25, -0.2) is 4.98 Å². The van der Waals surface area contributed by atoms with Crippen LogP contribution in [-0.4, -0.2) is 11.2 Å². The highest BCUT2D eigenvalue weighted by Gasteiger charge is 2.01. The first-order chi connectivity index (χ1) is 11.1. The molecule has 1 N–H and O–H groups in total. The molecule has 3 nitrogen and oxygen atoms in total. The number of benzene rings is 2. The standard InChI is InChI=1S/C17H13Cl2N3S/c1-11-10-23-17(21-11)22-20-9-12-2-4-13(5-3-12)14-6-15(18)8-16(19)7-14/h2-10H,1H3,(H,21,22). The Labute approximate surface area is 148 Å². The number of hydrogen-bond donors (Lipinski definition) is 1. The van der Waals surface area contributed by atoms with Crippen LogP contribution in [0.15, 0.2) is 52.9 Å². The fourth-order valence-corrected chi connectivity index (χ4v) is 3.21. The van der Waals surface area contributed by atoms with E-state index in [1.165, 1.54) is 11.3 Å². The number of thiazole rings is 1. The van der Waals surface area contributed by atoms with Gasteiger partial charge in [0.25, 0.3) is 0 Å². The van der Waals surface area contributed by atoms with E-state index in [4.69, 9.17) is 23.2 Å². The lowest BCUT2D eigenvalue weighted by molar-refractivity contribution is 1.22. The molecule has 6 heteroatoms. The lowest BCUT2D eigenvalue weighted by Crippen LogP contribution is -1.90. The summed E-state index contributed by atoms with van der Waals surface area (Å²) in [5.41, 5.74) is 6.93. The van der Waals surface area contributed by atoms with E-state index in [-0.39, 0.29) is 0 Å². The average Bonchev–Trinajstić information content (AvgIpc) is 2.92. The van der Waals surface area contributed by atoms with E-state index in [0.29, 0.717) is 10.0 Å². The SMILES string of the molecule is Cc1csc(NN=Cc2ccc(-c3cc(Cl)cc(Cl)c3)cc2)n1. The van der Waals surface area contributed by atoms with Crippen molar-refractivity contribution < 1.29 is 0 Å². The maximum absolute atomic E-state index is 6.04. The van der Waals surface area contributed by atoms with Crippen molar-refractivity contribution in [3.63, 3.8) is 0 Å². The van der Waals surface area contributed by atoms with Crippen molar-refractivity contribution in [2.75, 3.05) is 5.43 Å². The molecule has 0 bridgehead atoms. The molecular formula is C17H13Cl2N3S. The zero-order valence-corrected chi connectivity index (χ0v) is 14.6. The molecule has 2 aromatic carbocycles. The van der Waals surface area contributed by atoms with Crippen LogP contribution in [0.3, 0.4) is 0 Å². The molecule has 0 aliphatic rings. The number of hydrogen-bond acceptors (Lipinski definition) is 4. The van der Waals surface area contributed by atoms with E-state index >= 15 is 0 Å². The third kappa shape index (κ3) is 4.32. The van der Waals surface area contributed by atoms with Crippen molar-refractivity contribution in [2.24, 2.45) is 5.10 Å². The van der Waals surface area contributed by atoms with Crippen LogP contribution in [0.1, 0.15) is 11.3 Å². The predicted molar refractivity (Wildman–Crippen MR) is 100.0 cm³/mol. The summed E-state index contributed by atoms with van der Waals surface area (Å²) in [6.45, 7) is 1.95. The van der Waals surface area contributed by atoms with E-state index in [1.54, 1.807) is 12.3 Å². The Morgan fingerprint density at radius 3 is 2.35 bits per heavy atom. The molecule has 0 saturated carbocycles. The molecule has 0 amide bonds. The van der Waals surface area contributed by atoms with Crippen molar-refractivity contribution in [1.29, 1.82) is 0 Å². The first-order valence-corrected chi connectivity index (χ1v) is 8.51. The molecule has 0 fully saturated rings. The summed E-state index contributed by atoms with van der Waals surface area (Å²) in [6.07, 6.45) is 1.76. The Morgan fingerprint density at radius 1 is 1.04 bits per heavy atom. The van der Waals surface area contributed by atoms with Crippen LogP contribution < -0.4 is 5.43 Å². The number of anilines is 1. The van der Waals surface area contributed by atoms with Gasteiger partial charge in [0.05, 0.1) is 11.9 Å². The van der Waals surface area contributed by atoms with Gasteiger partial charge >= 0.3 is 0 Å². The molecule has 23 heavy (non-hydrogen) atoms. The Morgan fingerprint density at radius 2 is 1.74 bits per heavy atom. The zero-order chi connectivity index (χ0) is 16.2. The molecule has 0 aliphatic carbocycles. The molecule has 0 unspecified atom stereocenters. The van der Waals surface area contributed by atoms with Crippen LogP contribution in [0.2, 0.25) is 10.0 Å². The van der Waals surface area contributed by atoms with E-state index in [1.807, 2.05) is 48.7 Å². The topological polar surface area (TPSA) is 37.3 Å². The highest BCUT2D eigenvalue weighted by atomic mass is 35.5. The van der Waals surface area contributed by atoms with E-state index in [2.05, 4.69) is 15.5 Å². The highest BCUT2D eigenvalue weighted by Crippen LogP contribution is 2.27. The summed E-state index contributed by atoms with van der Waals surface area (Å²) in [7, 11) is 0. The summed E-state index contributed by atoms with van der Waals surface area (Å²) in [4.78, 5) is 4.28. The monoisotopic (exact) mass is 361 g/mol. The van der Waals surface area contributed by atoms with Crippen LogP contribution in [-0.2, 0) is 0 Å². The molecule has 0 radical (unpaired) electrons. The molecule has 0 atom stereocenters.